The zero-order valence-electron chi connectivity index (χ0n) is 10.6. The fourth-order valence-electron chi connectivity index (χ4n) is 2.07. The number of hydrogen-bond acceptors (Lipinski definition) is 2. The average molecular weight is 272 g/mol. The van der Waals surface area contributed by atoms with Crippen molar-refractivity contribution in [1.82, 2.24) is 0 Å². The lowest BCUT2D eigenvalue weighted by Crippen LogP contribution is -2.00. The summed E-state index contributed by atoms with van der Waals surface area (Å²) in [6.07, 6.45) is 0. The minimum absolute atomic E-state index is 0.0381. The molecule has 3 aromatic rings. The molecule has 0 spiro atoms. The van der Waals surface area contributed by atoms with Gasteiger partial charge >= 0.3 is 0 Å². The molecule has 2 aromatic carbocycles. The molecule has 1 aromatic heterocycles. The molecular weight excluding hydrogens is 262 g/mol. The highest BCUT2D eigenvalue weighted by Crippen LogP contribution is 2.24. The van der Waals surface area contributed by atoms with E-state index in [1.165, 1.54) is 30.3 Å². The predicted molar refractivity (Wildman–Crippen MR) is 70.7 cm³/mol. The second-order valence-electron chi connectivity index (χ2n) is 4.56. The number of para-hydroxylation sites is 1. The van der Waals surface area contributed by atoms with Crippen molar-refractivity contribution in [2.75, 3.05) is 0 Å². The lowest BCUT2D eigenvalue weighted by atomic mass is 10.1. The maximum Gasteiger partial charge on any atom is 0.228 e. The van der Waals surface area contributed by atoms with Crippen LogP contribution in [0.15, 0.2) is 46.9 Å². The molecular formula is C16H10F2O2. The highest BCUT2D eigenvalue weighted by molar-refractivity contribution is 6.09. The summed E-state index contributed by atoms with van der Waals surface area (Å²) >= 11 is 0. The van der Waals surface area contributed by atoms with Gasteiger partial charge < -0.3 is 4.42 Å². The van der Waals surface area contributed by atoms with E-state index in [-0.39, 0.29) is 17.2 Å². The Morgan fingerprint density at radius 2 is 1.85 bits per heavy atom. The summed E-state index contributed by atoms with van der Waals surface area (Å²) in [5.41, 5.74) is 0.733. The minimum Gasteiger partial charge on any atom is -0.449 e. The van der Waals surface area contributed by atoms with E-state index in [0.29, 0.717) is 16.5 Å². The number of furan rings is 1. The second kappa shape index (κ2) is 4.56. The van der Waals surface area contributed by atoms with Crippen LogP contribution >= 0.6 is 0 Å². The van der Waals surface area contributed by atoms with Crippen molar-refractivity contribution in [3.8, 4) is 0 Å². The van der Waals surface area contributed by atoms with Crippen molar-refractivity contribution in [2.24, 2.45) is 0 Å². The Kier molecular flexibility index (Phi) is 2.86. The Morgan fingerprint density at radius 3 is 2.55 bits per heavy atom. The first kappa shape index (κ1) is 12.5. The molecule has 0 saturated heterocycles. The minimum atomic E-state index is -0.517. The van der Waals surface area contributed by atoms with Crippen LogP contribution in [0.4, 0.5) is 8.78 Å². The summed E-state index contributed by atoms with van der Waals surface area (Å²) in [6.45, 7) is 1.57. The van der Waals surface area contributed by atoms with Gasteiger partial charge in [-0.05, 0) is 42.8 Å². The molecule has 1 heterocycles. The Morgan fingerprint density at radius 1 is 1.05 bits per heavy atom. The van der Waals surface area contributed by atoms with E-state index in [9.17, 15) is 13.6 Å². The van der Waals surface area contributed by atoms with Crippen molar-refractivity contribution in [3.05, 3.63) is 71.0 Å². The Hall–Kier alpha value is -2.49. The third-order valence-corrected chi connectivity index (χ3v) is 3.14. The van der Waals surface area contributed by atoms with Gasteiger partial charge in [-0.2, -0.15) is 0 Å². The molecule has 100 valence electrons. The SMILES string of the molecule is Cc1cc(C(=O)c2cc3cccc(F)c3o2)ccc1F. The normalized spacial score (nSPS) is 10.9. The summed E-state index contributed by atoms with van der Waals surface area (Å²) in [5.74, 6) is -1.26. The van der Waals surface area contributed by atoms with Crippen LogP contribution in [0, 0.1) is 18.6 Å². The van der Waals surface area contributed by atoms with Gasteiger partial charge in [0.15, 0.2) is 17.2 Å². The fourth-order valence-corrected chi connectivity index (χ4v) is 2.07. The third-order valence-electron chi connectivity index (χ3n) is 3.14. The standard InChI is InChI=1S/C16H10F2O2/c1-9-7-10(5-6-12(9)17)15(19)14-8-11-3-2-4-13(18)16(11)20-14/h2-8H,1H3. The maximum atomic E-state index is 13.5. The predicted octanol–water partition coefficient (Wildman–Crippen LogP) is 4.25. The van der Waals surface area contributed by atoms with Gasteiger partial charge in [-0.1, -0.05) is 12.1 Å². The van der Waals surface area contributed by atoms with Crippen LogP contribution < -0.4 is 0 Å². The van der Waals surface area contributed by atoms with Crippen LogP contribution in [0.3, 0.4) is 0 Å². The number of carbonyl (C=O) groups is 1. The van der Waals surface area contributed by atoms with Crippen molar-refractivity contribution < 1.29 is 18.0 Å². The van der Waals surface area contributed by atoms with Gasteiger partial charge in [0.05, 0.1) is 0 Å². The summed E-state index contributed by atoms with van der Waals surface area (Å²) in [6, 6.07) is 10.0. The van der Waals surface area contributed by atoms with E-state index in [0.717, 1.165) is 0 Å². The Bertz CT molecular complexity index is 818. The van der Waals surface area contributed by atoms with Crippen molar-refractivity contribution in [3.63, 3.8) is 0 Å². The van der Waals surface area contributed by atoms with E-state index < -0.39 is 11.6 Å². The maximum absolute atomic E-state index is 13.5. The quantitative estimate of drug-likeness (QED) is 0.653. The summed E-state index contributed by atoms with van der Waals surface area (Å²) in [4.78, 5) is 12.3. The molecule has 0 aliphatic carbocycles. The number of halogens is 2. The fraction of sp³-hybridized carbons (Fsp3) is 0.0625. The first-order valence-corrected chi connectivity index (χ1v) is 6.05. The number of benzene rings is 2. The third kappa shape index (κ3) is 1.99. The second-order valence-corrected chi connectivity index (χ2v) is 4.56. The van der Waals surface area contributed by atoms with Crippen LogP contribution in [0.5, 0.6) is 0 Å². The largest absolute Gasteiger partial charge is 0.449 e. The molecule has 0 radical (unpaired) electrons. The lowest BCUT2D eigenvalue weighted by molar-refractivity contribution is 0.101. The van der Waals surface area contributed by atoms with E-state index in [2.05, 4.69) is 0 Å². The summed E-state index contributed by atoms with van der Waals surface area (Å²) in [7, 11) is 0. The topological polar surface area (TPSA) is 30.2 Å². The number of hydrogen-bond donors (Lipinski definition) is 0. The first-order chi connectivity index (χ1) is 9.56. The van der Waals surface area contributed by atoms with Crippen LogP contribution in [0.1, 0.15) is 21.7 Å². The summed E-state index contributed by atoms with van der Waals surface area (Å²) in [5, 5.41) is 0.521. The average Bonchev–Trinajstić information content (AvgIpc) is 2.86. The molecule has 0 amide bonds. The molecule has 0 unspecified atom stereocenters. The molecule has 0 atom stereocenters. The molecule has 3 rings (SSSR count). The van der Waals surface area contributed by atoms with Gasteiger partial charge in [0, 0.05) is 10.9 Å². The van der Waals surface area contributed by atoms with Crippen molar-refractivity contribution in [1.29, 1.82) is 0 Å². The molecule has 0 N–H and O–H groups in total. The number of ketones is 1. The molecule has 0 aliphatic rings. The molecule has 4 heteroatoms. The van der Waals surface area contributed by atoms with Crippen molar-refractivity contribution >= 4 is 16.8 Å². The molecule has 20 heavy (non-hydrogen) atoms. The van der Waals surface area contributed by atoms with Crippen LogP contribution in [0.2, 0.25) is 0 Å². The van der Waals surface area contributed by atoms with E-state index in [1.54, 1.807) is 19.1 Å². The molecule has 0 saturated carbocycles. The van der Waals surface area contributed by atoms with Gasteiger partial charge in [-0.15, -0.1) is 0 Å². The monoisotopic (exact) mass is 272 g/mol. The van der Waals surface area contributed by atoms with E-state index in [4.69, 9.17) is 4.42 Å². The smallest absolute Gasteiger partial charge is 0.228 e. The zero-order chi connectivity index (χ0) is 14.3. The Balaban J connectivity index is 2.08. The van der Waals surface area contributed by atoms with Gasteiger partial charge in [-0.3, -0.25) is 4.79 Å². The molecule has 0 aliphatic heterocycles. The van der Waals surface area contributed by atoms with Crippen LogP contribution in [0.25, 0.3) is 11.0 Å². The zero-order valence-corrected chi connectivity index (χ0v) is 10.6. The number of carbonyl (C=O) groups excluding carboxylic acids is 1. The number of rotatable bonds is 2. The van der Waals surface area contributed by atoms with Gasteiger partial charge in [0.1, 0.15) is 5.82 Å². The lowest BCUT2D eigenvalue weighted by Gasteiger charge is -2.00. The summed E-state index contributed by atoms with van der Waals surface area (Å²) < 4.78 is 32.0. The van der Waals surface area contributed by atoms with Crippen LogP contribution in [-0.2, 0) is 0 Å². The van der Waals surface area contributed by atoms with Crippen LogP contribution in [-0.4, -0.2) is 5.78 Å². The highest BCUT2D eigenvalue weighted by Gasteiger charge is 2.17. The van der Waals surface area contributed by atoms with E-state index in [1.807, 2.05) is 0 Å². The molecule has 0 bridgehead atoms. The first-order valence-electron chi connectivity index (χ1n) is 6.05. The number of fused-ring (bicyclic) bond motifs is 1. The van der Waals surface area contributed by atoms with Crippen molar-refractivity contribution in [2.45, 2.75) is 6.92 Å². The molecule has 2 nitrogen and oxygen atoms in total. The highest BCUT2D eigenvalue weighted by atomic mass is 19.1. The molecule has 0 fully saturated rings. The van der Waals surface area contributed by atoms with Gasteiger partial charge in [0.25, 0.3) is 0 Å². The number of aryl methyl sites for hydroxylation is 1. The van der Waals surface area contributed by atoms with Gasteiger partial charge in [-0.25, -0.2) is 8.78 Å². The van der Waals surface area contributed by atoms with E-state index >= 15 is 0 Å². The Labute approximate surface area is 113 Å². The van der Waals surface area contributed by atoms with Gasteiger partial charge in [0.2, 0.25) is 5.78 Å².